The van der Waals surface area contributed by atoms with Gasteiger partial charge < -0.3 is 20.4 Å². The van der Waals surface area contributed by atoms with E-state index in [4.69, 9.17) is 4.42 Å². The summed E-state index contributed by atoms with van der Waals surface area (Å²) in [5, 5.41) is 16.9. The summed E-state index contributed by atoms with van der Waals surface area (Å²) in [7, 11) is 0. The zero-order valence-electron chi connectivity index (χ0n) is 13.8. The summed E-state index contributed by atoms with van der Waals surface area (Å²) in [6, 6.07) is 0.337. The molecule has 1 aromatic heterocycles. The third-order valence-electron chi connectivity index (χ3n) is 2.38. The second-order valence-electron chi connectivity index (χ2n) is 7.08. The molecule has 0 saturated heterocycles. The summed E-state index contributed by atoms with van der Waals surface area (Å²) < 4.78 is 5.43. The molecule has 0 fully saturated rings. The van der Waals surface area contributed by atoms with Gasteiger partial charge in [0, 0.05) is 24.0 Å². The van der Waals surface area contributed by atoms with Gasteiger partial charge in [0.05, 0.1) is 6.54 Å². The molecule has 0 aliphatic heterocycles. The van der Waals surface area contributed by atoms with Crippen LogP contribution in [0.5, 0.6) is 0 Å². The number of hydrogen-bond acceptors (Lipinski definition) is 6. The first kappa shape index (κ1) is 17.4. The van der Waals surface area contributed by atoms with Crippen molar-refractivity contribution < 1.29 is 9.21 Å². The number of anilines is 1. The van der Waals surface area contributed by atoms with Crippen LogP contribution in [0.1, 0.15) is 53.9 Å². The molecule has 0 radical (unpaired) electrons. The van der Waals surface area contributed by atoms with E-state index in [-0.39, 0.29) is 17.0 Å². The van der Waals surface area contributed by atoms with Crippen LogP contribution in [-0.4, -0.2) is 33.7 Å². The number of rotatable bonds is 6. The summed E-state index contributed by atoms with van der Waals surface area (Å²) in [6.07, 6.45) is 0.356. The topological polar surface area (TPSA) is 92.1 Å². The van der Waals surface area contributed by atoms with Crippen LogP contribution >= 0.6 is 0 Å². The van der Waals surface area contributed by atoms with E-state index in [0.29, 0.717) is 31.4 Å². The average Bonchev–Trinajstić information content (AvgIpc) is 2.71. The maximum Gasteiger partial charge on any atom is 0.315 e. The van der Waals surface area contributed by atoms with Crippen molar-refractivity contribution in [3.8, 4) is 0 Å². The van der Waals surface area contributed by atoms with Crippen molar-refractivity contribution in [2.75, 3.05) is 11.9 Å². The molecule has 0 atom stereocenters. The fraction of sp³-hybridized carbons (Fsp3) is 0.786. The minimum atomic E-state index is -0.215. The number of amides is 1. The molecule has 1 amide bonds. The van der Waals surface area contributed by atoms with Crippen molar-refractivity contribution in [3.63, 3.8) is 0 Å². The van der Waals surface area contributed by atoms with Gasteiger partial charge in [-0.3, -0.25) is 4.79 Å². The van der Waals surface area contributed by atoms with Crippen LogP contribution in [0.3, 0.4) is 0 Å². The van der Waals surface area contributed by atoms with E-state index in [2.05, 4.69) is 46.9 Å². The molecular weight excluding hydrogens is 270 g/mol. The molecule has 1 heterocycles. The molecule has 0 bridgehead atoms. The lowest BCUT2D eigenvalue weighted by Gasteiger charge is -2.20. The molecule has 0 aliphatic carbocycles. The Hall–Kier alpha value is -1.63. The first-order chi connectivity index (χ1) is 9.55. The number of aromatic nitrogens is 2. The Labute approximate surface area is 126 Å². The van der Waals surface area contributed by atoms with Crippen LogP contribution in [0, 0.1) is 0 Å². The standard InChI is InChI=1S/C14H27N5O2/c1-13(2,3)16-9-11-18-19-12(21-11)15-8-7-10(20)17-14(4,5)6/h16H,7-9H2,1-6H3,(H,15,19)(H,17,20). The fourth-order valence-electron chi connectivity index (χ4n) is 1.50. The van der Waals surface area contributed by atoms with Gasteiger partial charge in [-0.1, -0.05) is 5.10 Å². The second kappa shape index (κ2) is 6.89. The number of hydrogen-bond donors (Lipinski definition) is 3. The third-order valence-corrected chi connectivity index (χ3v) is 2.38. The van der Waals surface area contributed by atoms with Gasteiger partial charge in [0.15, 0.2) is 0 Å². The van der Waals surface area contributed by atoms with Crippen LogP contribution < -0.4 is 16.0 Å². The predicted octanol–water partition coefficient (Wildman–Crippen LogP) is 1.67. The maximum absolute atomic E-state index is 11.6. The lowest BCUT2D eigenvalue weighted by Crippen LogP contribution is -2.41. The lowest BCUT2D eigenvalue weighted by atomic mass is 10.1. The van der Waals surface area contributed by atoms with Gasteiger partial charge in [-0.2, -0.15) is 0 Å². The minimum Gasteiger partial charge on any atom is -0.407 e. The van der Waals surface area contributed by atoms with E-state index in [9.17, 15) is 4.79 Å². The number of nitrogens with zero attached hydrogens (tertiary/aromatic N) is 2. The van der Waals surface area contributed by atoms with Crippen molar-refractivity contribution in [1.82, 2.24) is 20.8 Å². The van der Waals surface area contributed by atoms with Gasteiger partial charge >= 0.3 is 6.01 Å². The molecule has 0 spiro atoms. The Kier molecular flexibility index (Phi) is 5.71. The number of carbonyl (C=O) groups is 1. The van der Waals surface area contributed by atoms with Gasteiger partial charge in [0.2, 0.25) is 11.8 Å². The highest BCUT2D eigenvalue weighted by Crippen LogP contribution is 2.07. The quantitative estimate of drug-likeness (QED) is 0.740. The normalized spacial score (nSPS) is 12.3. The van der Waals surface area contributed by atoms with Crippen molar-refractivity contribution in [1.29, 1.82) is 0 Å². The molecule has 3 N–H and O–H groups in total. The first-order valence-corrected chi connectivity index (χ1v) is 7.17. The van der Waals surface area contributed by atoms with Crippen molar-refractivity contribution in [3.05, 3.63) is 5.89 Å². The molecule has 120 valence electrons. The monoisotopic (exact) mass is 297 g/mol. The molecule has 7 heteroatoms. The molecule has 0 saturated carbocycles. The van der Waals surface area contributed by atoms with Gasteiger partial charge in [0.25, 0.3) is 0 Å². The minimum absolute atomic E-state index is 0.00684. The van der Waals surface area contributed by atoms with Crippen molar-refractivity contribution in [2.45, 2.75) is 65.6 Å². The Bertz CT molecular complexity index is 457. The Morgan fingerprint density at radius 1 is 1.10 bits per heavy atom. The van der Waals surface area contributed by atoms with E-state index in [0.717, 1.165) is 0 Å². The highest BCUT2D eigenvalue weighted by Gasteiger charge is 2.14. The highest BCUT2D eigenvalue weighted by molar-refractivity contribution is 5.77. The molecule has 0 aliphatic rings. The Balaban J connectivity index is 2.30. The first-order valence-electron chi connectivity index (χ1n) is 7.17. The van der Waals surface area contributed by atoms with Crippen LogP contribution in [0.15, 0.2) is 4.42 Å². The molecule has 1 rings (SSSR count). The van der Waals surface area contributed by atoms with E-state index in [1.165, 1.54) is 0 Å². The lowest BCUT2D eigenvalue weighted by molar-refractivity contribution is -0.122. The van der Waals surface area contributed by atoms with Gasteiger partial charge in [-0.25, -0.2) is 0 Å². The fourth-order valence-corrected chi connectivity index (χ4v) is 1.50. The van der Waals surface area contributed by atoms with E-state index in [1.807, 2.05) is 20.8 Å². The second-order valence-corrected chi connectivity index (χ2v) is 7.08. The largest absolute Gasteiger partial charge is 0.407 e. The molecular formula is C14H27N5O2. The molecule has 0 aromatic carbocycles. The van der Waals surface area contributed by atoms with E-state index in [1.54, 1.807) is 0 Å². The highest BCUT2D eigenvalue weighted by atomic mass is 16.4. The molecule has 21 heavy (non-hydrogen) atoms. The maximum atomic E-state index is 11.6. The summed E-state index contributed by atoms with van der Waals surface area (Å²) in [4.78, 5) is 11.6. The van der Waals surface area contributed by atoms with Crippen LogP contribution in [0.25, 0.3) is 0 Å². The van der Waals surface area contributed by atoms with Crippen LogP contribution in [-0.2, 0) is 11.3 Å². The van der Waals surface area contributed by atoms with Crippen molar-refractivity contribution in [2.24, 2.45) is 0 Å². The third kappa shape index (κ3) is 8.29. The van der Waals surface area contributed by atoms with Gasteiger partial charge in [-0.15, -0.1) is 5.10 Å². The summed E-state index contributed by atoms with van der Waals surface area (Å²) >= 11 is 0. The molecule has 1 aromatic rings. The van der Waals surface area contributed by atoms with Gasteiger partial charge in [-0.05, 0) is 41.5 Å². The van der Waals surface area contributed by atoms with Crippen LogP contribution in [0.2, 0.25) is 0 Å². The molecule has 0 unspecified atom stereocenters. The summed E-state index contributed by atoms with van der Waals surface area (Å²) in [5.41, 5.74) is -0.222. The summed E-state index contributed by atoms with van der Waals surface area (Å²) in [5.74, 6) is 0.510. The van der Waals surface area contributed by atoms with Crippen molar-refractivity contribution >= 4 is 11.9 Å². The summed E-state index contributed by atoms with van der Waals surface area (Å²) in [6.45, 7) is 13.0. The number of nitrogens with one attached hydrogen (secondary N) is 3. The van der Waals surface area contributed by atoms with E-state index >= 15 is 0 Å². The van der Waals surface area contributed by atoms with Gasteiger partial charge in [0.1, 0.15) is 0 Å². The SMILES string of the molecule is CC(C)(C)NCc1nnc(NCCC(=O)NC(C)(C)C)o1. The average molecular weight is 297 g/mol. The van der Waals surface area contributed by atoms with E-state index < -0.39 is 0 Å². The Morgan fingerprint density at radius 3 is 2.33 bits per heavy atom. The predicted molar refractivity (Wildman–Crippen MR) is 81.9 cm³/mol. The zero-order valence-corrected chi connectivity index (χ0v) is 13.8. The zero-order chi connectivity index (χ0) is 16.1. The smallest absolute Gasteiger partial charge is 0.315 e. The number of carbonyl (C=O) groups excluding carboxylic acids is 1. The molecule has 7 nitrogen and oxygen atoms in total. The Morgan fingerprint density at radius 2 is 1.76 bits per heavy atom. The van der Waals surface area contributed by atoms with Crippen LogP contribution in [0.4, 0.5) is 6.01 Å².